The van der Waals surface area contributed by atoms with E-state index in [9.17, 15) is 13.2 Å². The van der Waals surface area contributed by atoms with Crippen LogP contribution in [0.3, 0.4) is 0 Å². The number of aromatic nitrogens is 3. The molecule has 0 unspecified atom stereocenters. The summed E-state index contributed by atoms with van der Waals surface area (Å²) in [6, 6.07) is 7.64. The highest BCUT2D eigenvalue weighted by molar-refractivity contribution is 7.15. The third-order valence-corrected chi connectivity index (χ3v) is 8.24. The first kappa shape index (κ1) is 24.2. The number of hydrogen-bond donors (Lipinski definition) is 1. The van der Waals surface area contributed by atoms with Gasteiger partial charge >= 0.3 is 6.18 Å². The molecule has 1 aliphatic heterocycles. The van der Waals surface area contributed by atoms with E-state index in [0.717, 1.165) is 54.7 Å². The average Bonchev–Trinajstić information content (AvgIpc) is 3.31. The monoisotopic (exact) mass is 501 g/mol. The highest BCUT2D eigenvalue weighted by Gasteiger charge is 2.31. The molecule has 0 radical (unpaired) electrons. The van der Waals surface area contributed by atoms with Crippen molar-refractivity contribution < 1.29 is 13.2 Å². The minimum absolute atomic E-state index is 0.302. The van der Waals surface area contributed by atoms with Crippen molar-refractivity contribution in [3.63, 3.8) is 0 Å². The Labute approximate surface area is 207 Å². The van der Waals surface area contributed by atoms with Gasteiger partial charge in [-0.05, 0) is 64.0 Å². The van der Waals surface area contributed by atoms with Gasteiger partial charge in [-0.3, -0.25) is 0 Å². The molecule has 5 rings (SSSR count). The normalized spacial score (nSPS) is 18.6. The Kier molecular flexibility index (Phi) is 7.07. The Morgan fingerprint density at radius 1 is 1.00 bits per heavy atom. The minimum Gasteiger partial charge on any atom is -0.351 e. The average molecular weight is 502 g/mol. The number of anilines is 1. The van der Waals surface area contributed by atoms with Gasteiger partial charge in [0.25, 0.3) is 0 Å². The van der Waals surface area contributed by atoms with E-state index in [1.165, 1.54) is 31.4 Å². The highest BCUT2D eigenvalue weighted by atomic mass is 32.1. The fraction of sp³-hybridized carbons (Fsp3) is 0.500. The minimum atomic E-state index is -4.41. The molecule has 0 amide bonds. The lowest BCUT2D eigenvalue weighted by Crippen LogP contribution is -2.29. The molecule has 1 N–H and O–H groups in total. The lowest BCUT2D eigenvalue weighted by atomic mass is 9.96. The summed E-state index contributed by atoms with van der Waals surface area (Å²) in [6.45, 7) is 1.98. The summed E-state index contributed by atoms with van der Waals surface area (Å²) in [7, 11) is 2.11. The second-order valence-corrected chi connectivity index (χ2v) is 10.7. The second kappa shape index (κ2) is 10.2. The van der Waals surface area contributed by atoms with E-state index in [-0.39, 0.29) is 0 Å². The number of nitrogens with one attached hydrogen (secondary N) is 1. The lowest BCUT2D eigenvalue weighted by Gasteiger charge is -2.27. The molecule has 1 saturated carbocycles. The molecule has 3 heterocycles. The van der Waals surface area contributed by atoms with Crippen molar-refractivity contribution in [3.8, 4) is 21.8 Å². The summed E-state index contributed by atoms with van der Waals surface area (Å²) in [5, 5.41) is 4.44. The molecule has 35 heavy (non-hydrogen) atoms. The van der Waals surface area contributed by atoms with Gasteiger partial charge < -0.3 is 10.2 Å². The van der Waals surface area contributed by atoms with Gasteiger partial charge in [-0.15, -0.1) is 11.3 Å². The molecule has 1 aliphatic carbocycles. The molecule has 2 aliphatic rings. The quantitative estimate of drug-likeness (QED) is 0.415. The van der Waals surface area contributed by atoms with Gasteiger partial charge in [-0.1, -0.05) is 31.4 Å². The van der Waals surface area contributed by atoms with Crippen LogP contribution in [0.25, 0.3) is 21.8 Å². The Balaban J connectivity index is 1.52. The van der Waals surface area contributed by atoms with Gasteiger partial charge in [0.2, 0.25) is 5.95 Å². The van der Waals surface area contributed by atoms with Crippen LogP contribution in [0.4, 0.5) is 19.1 Å². The largest absolute Gasteiger partial charge is 0.416 e. The van der Waals surface area contributed by atoms with Crippen molar-refractivity contribution in [2.24, 2.45) is 0 Å². The molecular formula is C26H30F3N5S. The van der Waals surface area contributed by atoms with E-state index in [4.69, 9.17) is 9.97 Å². The summed E-state index contributed by atoms with van der Waals surface area (Å²) >= 11 is 1.55. The van der Waals surface area contributed by atoms with Gasteiger partial charge in [-0.2, -0.15) is 13.2 Å². The van der Waals surface area contributed by atoms with Crippen molar-refractivity contribution in [2.75, 3.05) is 25.5 Å². The van der Waals surface area contributed by atoms with E-state index in [1.54, 1.807) is 23.6 Å². The van der Waals surface area contributed by atoms with Crippen LogP contribution in [-0.2, 0) is 6.18 Å². The zero-order valence-electron chi connectivity index (χ0n) is 19.8. The number of hydrogen-bond acceptors (Lipinski definition) is 6. The first-order valence-electron chi connectivity index (χ1n) is 12.3. The lowest BCUT2D eigenvalue weighted by molar-refractivity contribution is -0.137. The van der Waals surface area contributed by atoms with E-state index >= 15 is 0 Å². The summed E-state index contributed by atoms with van der Waals surface area (Å²) in [5.41, 5.74) is 1.06. The molecule has 0 spiro atoms. The molecule has 0 bridgehead atoms. The molecule has 0 atom stereocenters. The second-order valence-electron chi connectivity index (χ2n) is 9.63. The number of piperidine rings is 1. The van der Waals surface area contributed by atoms with Gasteiger partial charge in [0.15, 0.2) is 0 Å². The molecule has 1 saturated heterocycles. The Morgan fingerprint density at radius 3 is 2.51 bits per heavy atom. The topological polar surface area (TPSA) is 53.9 Å². The predicted octanol–water partition coefficient (Wildman–Crippen LogP) is 6.84. The van der Waals surface area contributed by atoms with Crippen LogP contribution in [-0.4, -0.2) is 46.0 Å². The standard InChI is InChI=1S/C26H30F3N5S/c1-34-14-11-17(12-15-34)24-33-22(18-6-5-7-19(16-18)26(27,28)29)23(35-24)21-10-13-30-25(32-21)31-20-8-3-2-4-9-20/h5-7,10,13,16-17,20H,2-4,8-9,11-12,14-15H2,1H3,(H,30,31,32). The summed E-state index contributed by atoms with van der Waals surface area (Å²) < 4.78 is 40.4. The molecule has 2 fully saturated rings. The molecule has 1 aromatic carbocycles. The number of likely N-dealkylation sites (tertiary alicyclic amines) is 1. The Hall–Kier alpha value is -2.52. The van der Waals surface area contributed by atoms with Gasteiger partial charge in [-0.25, -0.2) is 15.0 Å². The third kappa shape index (κ3) is 5.67. The third-order valence-electron chi connectivity index (χ3n) is 7.00. The van der Waals surface area contributed by atoms with Crippen LogP contribution in [0.1, 0.15) is 61.4 Å². The maximum atomic E-state index is 13.5. The molecule has 3 aromatic rings. The number of alkyl halides is 3. The number of benzene rings is 1. The smallest absolute Gasteiger partial charge is 0.351 e. The number of nitrogens with zero attached hydrogens (tertiary/aromatic N) is 4. The van der Waals surface area contributed by atoms with E-state index in [1.807, 2.05) is 6.07 Å². The SMILES string of the molecule is CN1CCC(c2nc(-c3cccc(C(F)(F)F)c3)c(-c3ccnc(NC4CCCCC4)n3)s2)CC1. The van der Waals surface area contributed by atoms with Crippen LogP contribution >= 0.6 is 11.3 Å². The van der Waals surface area contributed by atoms with E-state index < -0.39 is 11.7 Å². The summed E-state index contributed by atoms with van der Waals surface area (Å²) in [5.74, 6) is 0.870. The first-order chi connectivity index (χ1) is 16.9. The van der Waals surface area contributed by atoms with Crippen LogP contribution in [0.2, 0.25) is 0 Å². The van der Waals surface area contributed by atoms with Crippen LogP contribution in [0, 0.1) is 0 Å². The predicted molar refractivity (Wildman–Crippen MR) is 134 cm³/mol. The molecule has 2 aromatic heterocycles. The summed E-state index contributed by atoms with van der Waals surface area (Å²) in [4.78, 5) is 17.2. The van der Waals surface area contributed by atoms with E-state index in [2.05, 4.69) is 22.2 Å². The van der Waals surface area contributed by atoms with Crippen LogP contribution in [0.5, 0.6) is 0 Å². The zero-order chi connectivity index (χ0) is 24.4. The van der Waals surface area contributed by atoms with Gasteiger partial charge in [0.05, 0.1) is 26.8 Å². The Bertz CT molecular complexity index is 1150. The first-order valence-corrected chi connectivity index (χ1v) is 13.2. The highest BCUT2D eigenvalue weighted by Crippen LogP contribution is 2.42. The maximum absolute atomic E-state index is 13.5. The van der Waals surface area contributed by atoms with Crippen molar-refractivity contribution in [3.05, 3.63) is 47.1 Å². The van der Waals surface area contributed by atoms with E-state index in [0.29, 0.717) is 34.9 Å². The number of halogens is 3. The van der Waals surface area contributed by atoms with Crippen molar-refractivity contribution in [2.45, 2.75) is 63.1 Å². The van der Waals surface area contributed by atoms with Crippen molar-refractivity contribution in [1.29, 1.82) is 0 Å². The van der Waals surface area contributed by atoms with Gasteiger partial charge in [0.1, 0.15) is 0 Å². The zero-order valence-corrected chi connectivity index (χ0v) is 20.6. The molecule has 9 heteroatoms. The van der Waals surface area contributed by atoms with Crippen LogP contribution in [0.15, 0.2) is 36.5 Å². The molecule has 5 nitrogen and oxygen atoms in total. The van der Waals surface area contributed by atoms with Crippen molar-refractivity contribution >= 4 is 17.3 Å². The molecule has 186 valence electrons. The maximum Gasteiger partial charge on any atom is 0.416 e. The fourth-order valence-electron chi connectivity index (χ4n) is 4.96. The fourth-order valence-corrected chi connectivity index (χ4v) is 6.19. The Morgan fingerprint density at radius 2 is 1.77 bits per heavy atom. The number of thiazole rings is 1. The van der Waals surface area contributed by atoms with Crippen LogP contribution < -0.4 is 5.32 Å². The molecular weight excluding hydrogens is 471 g/mol. The summed E-state index contributed by atoms with van der Waals surface area (Å²) in [6.07, 6.45) is 5.16. The number of rotatable bonds is 5. The van der Waals surface area contributed by atoms with Crippen molar-refractivity contribution in [1.82, 2.24) is 19.9 Å². The van der Waals surface area contributed by atoms with Gasteiger partial charge in [0, 0.05) is 23.7 Å².